The molecule has 0 heterocycles. The molecule has 31 heavy (non-hydrogen) atoms. The highest BCUT2D eigenvalue weighted by molar-refractivity contribution is 7.97. The highest BCUT2D eigenvalue weighted by Gasteiger charge is 2.34. The van der Waals surface area contributed by atoms with Gasteiger partial charge in [-0.2, -0.15) is 0 Å². The van der Waals surface area contributed by atoms with E-state index in [9.17, 15) is 18.7 Å². The fourth-order valence-corrected chi connectivity index (χ4v) is 5.99. The van der Waals surface area contributed by atoms with E-state index in [4.69, 9.17) is 0 Å². The van der Waals surface area contributed by atoms with Crippen molar-refractivity contribution in [1.29, 1.82) is 0 Å². The molecule has 0 aromatic heterocycles. The van der Waals surface area contributed by atoms with Gasteiger partial charge >= 0.3 is 0 Å². The molecule has 0 bridgehead atoms. The average Bonchev–Trinajstić information content (AvgIpc) is 2.80. The standard InChI is InChI=1S/C26H17F2O2S/c27-16-5-9-18(10-6-16)31(19-11-7-17(28)8-12-19)20-13-14-23-24(15-20)26(30)22-4-2-1-3-21(22)25(23)29/h1-15,26,30H/q+1. The molecule has 0 fully saturated rings. The maximum atomic E-state index is 13.6. The minimum atomic E-state index is -0.921. The maximum absolute atomic E-state index is 13.6. The molecule has 4 aromatic rings. The molecule has 0 saturated carbocycles. The molecule has 0 radical (unpaired) electrons. The second kappa shape index (κ2) is 7.76. The van der Waals surface area contributed by atoms with Gasteiger partial charge in [-0.3, -0.25) is 4.79 Å². The number of hydrogen-bond donors (Lipinski definition) is 1. The normalized spacial score (nSPS) is 15.0. The summed E-state index contributed by atoms with van der Waals surface area (Å²) in [7, 11) is -0.669. The monoisotopic (exact) mass is 431 g/mol. The summed E-state index contributed by atoms with van der Waals surface area (Å²) in [5.74, 6) is -0.796. The molecule has 1 atom stereocenters. The van der Waals surface area contributed by atoms with Crippen LogP contribution in [0.4, 0.5) is 8.78 Å². The first-order valence-corrected chi connectivity index (χ1v) is 11.0. The average molecular weight is 431 g/mol. The minimum absolute atomic E-state index is 0.120. The van der Waals surface area contributed by atoms with Gasteiger partial charge in [0.1, 0.15) is 17.7 Å². The summed E-state index contributed by atoms with van der Waals surface area (Å²) >= 11 is 0. The van der Waals surface area contributed by atoms with Crippen molar-refractivity contribution in [2.75, 3.05) is 0 Å². The molecule has 1 aliphatic rings. The van der Waals surface area contributed by atoms with Gasteiger partial charge in [0.15, 0.2) is 20.5 Å². The zero-order chi connectivity index (χ0) is 21.5. The van der Waals surface area contributed by atoms with Crippen molar-refractivity contribution >= 4 is 16.7 Å². The van der Waals surface area contributed by atoms with Crippen molar-refractivity contribution < 1.29 is 18.7 Å². The van der Waals surface area contributed by atoms with E-state index in [1.54, 1.807) is 54.6 Å². The van der Waals surface area contributed by atoms with Gasteiger partial charge in [0, 0.05) is 22.8 Å². The predicted molar refractivity (Wildman–Crippen MR) is 115 cm³/mol. The summed E-state index contributed by atoms with van der Waals surface area (Å²) in [6, 6.07) is 24.9. The Kier molecular flexibility index (Phi) is 4.93. The van der Waals surface area contributed by atoms with Crippen molar-refractivity contribution in [3.8, 4) is 0 Å². The van der Waals surface area contributed by atoms with Crippen LogP contribution in [0.25, 0.3) is 0 Å². The van der Waals surface area contributed by atoms with Crippen LogP contribution in [0.3, 0.4) is 0 Å². The van der Waals surface area contributed by atoms with Crippen molar-refractivity contribution in [3.63, 3.8) is 0 Å². The van der Waals surface area contributed by atoms with E-state index >= 15 is 0 Å². The molecule has 1 aliphatic carbocycles. The van der Waals surface area contributed by atoms with Gasteiger partial charge in [0.25, 0.3) is 0 Å². The molecule has 1 unspecified atom stereocenters. The van der Waals surface area contributed by atoms with Gasteiger partial charge in [-0.05, 0) is 66.2 Å². The van der Waals surface area contributed by atoms with Gasteiger partial charge < -0.3 is 5.11 Å². The minimum Gasteiger partial charge on any atom is -0.384 e. The first-order valence-electron chi connectivity index (χ1n) is 9.74. The largest absolute Gasteiger partial charge is 0.384 e. The molecule has 4 aromatic carbocycles. The molecule has 1 N–H and O–H groups in total. The molecule has 0 saturated heterocycles. The van der Waals surface area contributed by atoms with Crippen LogP contribution < -0.4 is 0 Å². The highest BCUT2D eigenvalue weighted by Crippen LogP contribution is 2.39. The lowest BCUT2D eigenvalue weighted by Crippen LogP contribution is -2.20. The molecule has 152 valence electrons. The Morgan fingerprint density at radius 1 is 0.645 bits per heavy atom. The molecular weight excluding hydrogens is 414 g/mol. The summed E-state index contributed by atoms with van der Waals surface area (Å²) in [6.07, 6.45) is -0.921. The fraction of sp³-hybridized carbons (Fsp3) is 0.0385. The Bertz CT molecular complexity index is 1240. The van der Waals surface area contributed by atoms with E-state index in [2.05, 4.69) is 0 Å². The lowest BCUT2D eigenvalue weighted by molar-refractivity contribution is 0.101. The number of benzene rings is 4. The highest BCUT2D eigenvalue weighted by atomic mass is 32.2. The van der Waals surface area contributed by atoms with Crippen molar-refractivity contribution in [2.45, 2.75) is 20.8 Å². The van der Waals surface area contributed by atoms with Crippen LogP contribution >= 0.6 is 0 Å². The van der Waals surface area contributed by atoms with Crippen molar-refractivity contribution in [2.24, 2.45) is 0 Å². The van der Waals surface area contributed by atoms with Crippen LogP contribution in [0.15, 0.2) is 106 Å². The summed E-state index contributed by atoms with van der Waals surface area (Å²) in [5, 5.41) is 11.0. The van der Waals surface area contributed by atoms with E-state index in [-0.39, 0.29) is 17.4 Å². The van der Waals surface area contributed by atoms with E-state index < -0.39 is 17.0 Å². The van der Waals surface area contributed by atoms with E-state index in [0.29, 0.717) is 22.3 Å². The van der Waals surface area contributed by atoms with Crippen LogP contribution in [0.2, 0.25) is 0 Å². The number of carbonyl (C=O) groups excluding carboxylic acids is 1. The summed E-state index contributed by atoms with van der Waals surface area (Å²) in [4.78, 5) is 15.5. The molecule has 2 nitrogen and oxygen atoms in total. The number of carbonyl (C=O) groups is 1. The number of aliphatic hydroxyl groups is 1. The summed E-state index contributed by atoms with van der Waals surface area (Å²) in [5.41, 5.74) is 2.10. The van der Waals surface area contributed by atoms with Gasteiger partial charge in [-0.15, -0.1) is 0 Å². The number of ketones is 1. The van der Waals surface area contributed by atoms with Crippen LogP contribution in [0.1, 0.15) is 33.2 Å². The van der Waals surface area contributed by atoms with Gasteiger partial charge in [0.2, 0.25) is 0 Å². The second-order valence-electron chi connectivity index (χ2n) is 7.28. The molecule has 0 aliphatic heterocycles. The predicted octanol–water partition coefficient (Wildman–Crippen LogP) is 5.69. The van der Waals surface area contributed by atoms with Gasteiger partial charge in [-0.1, -0.05) is 24.3 Å². The van der Waals surface area contributed by atoms with Crippen molar-refractivity contribution in [3.05, 3.63) is 125 Å². The molecular formula is C26H17F2O2S+. The quantitative estimate of drug-likeness (QED) is 0.424. The van der Waals surface area contributed by atoms with Crippen LogP contribution in [0.5, 0.6) is 0 Å². The van der Waals surface area contributed by atoms with Crippen LogP contribution in [-0.2, 0) is 10.9 Å². The lowest BCUT2D eigenvalue weighted by atomic mass is 9.83. The third-order valence-corrected chi connectivity index (χ3v) is 7.61. The number of fused-ring (bicyclic) bond motifs is 2. The Hall–Kier alpha value is -3.28. The third kappa shape index (κ3) is 3.46. The topological polar surface area (TPSA) is 37.3 Å². The zero-order valence-electron chi connectivity index (χ0n) is 16.3. The number of rotatable bonds is 3. The fourth-order valence-electron chi connectivity index (χ4n) is 3.91. The molecule has 5 rings (SSSR count). The Morgan fingerprint density at radius 3 is 1.77 bits per heavy atom. The molecule has 0 amide bonds. The second-order valence-corrected chi connectivity index (χ2v) is 9.31. The number of aliphatic hydroxyl groups excluding tert-OH is 1. The van der Waals surface area contributed by atoms with E-state index in [1.165, 1.54) is 24.3 Å². The Labute approximate surface area is 181 Å². The van der Waals surface area contributed by atoms with E-state index in [1.807, 2.05) is 12.1 Å². The summed E-state index contributed by atoms with van der Waals surface area (Å²) in [6.45, 7) is 0. The molecule has 0 spiro atoms. The zero-order valence-corrected chi connectivity index (χ0v) is 17.1. The van der Waals surface area contributed by atoms with Crippen molar-refractivity contribution in [1.82, 2.24) is 0 Å². The number of hydrogen-bond acceptors (Lipinski definition) is 2. The molecule has 5 heteroatoms. The van der Waals surface area contributed by atoms with E-state index in [0.717, 1.165) is 14.7 Å². The smallest absolute Gasteiger partial charge is 0.193 e. The Balaban J connectivity index is 1.66. The summed E-state index contributed by atoms with van der Waals surface area (Å²) < 4.78 is 27.1. The first kappa shape index (κ1) is 19.7. The third-order valence-electron chi connectivity index (χ3n) is 5.40. The number of halogens is 2. The maximum Gasteiger partial charge on any atom is 0.193 e. The Morgan fingerprint density at radius 2 is 1.16 bits per heavy atom. The lowest BCUT2D eigenvalue weighted by Gasteiger charge is -2.24. The van der Waals surface area contributed by atoms with Gasteiger partial charge in [-0.25, -0.2) is 8.78 Å². The van der Waals surface area contributed by atoms with Gasteiger partial charge in [0.05, 0.1) is 10.9 Å². The first-order chi connectivity index (χ1) is 15.0. The SMILES string of the molecule is O=C1c2ccccc2C(O)c2cc([S+](c3ccc(F)cc3)c3ccc(F)cc3)ccc21. The van der Waals surface area contributed by atoms with Crippen LogP contribution in [0, 0.1) is 11.6 Å². The van der Waals surface area contributed by atoms with Crippen LogP contribution in [-0.4, -0.2) is 10.9 Å².